The average Bonchev–Trinajstić information content (AvgIpc) is 3.35. The van der Waals surface area contributed by atoms with Crippen LogP contribution < -0.4 is 0 Å². The first-order valence-electron chi connectivity index (χ1n) is 29.8. The Hall–Kier alpha value is -2.89. The third-order valence-electron chi connectivity index (χ3n) is 13.0. The summed E-state index contributed by atoms with van der Waals surface area (Å²) in [6.45, 7) is 6.52. The molecule has 0 aromatic rings. The molecule has 400 valence electrons. The molecule has 0 bridgehead atoms. The van der Waals surface area contributed by atoms with Crippen molar-refractivity contribution >= 4 is 17.9 Å². The lowest BCUT2D eigenvalue weighted by Gasteiger charge is -2.18. The van der Waals surface area contributed by atoms with Gasteiger partial charge in [-0.2, -0.15) is 0 Å². The highest BCUT2D eigenvalue weighted by Gasteiger charge is 2.19. The lowest BCUT2D eigenvalue weighted by atomic mass is 10.0. The number of carbonyl (C=O) groups excluding carboxylic acids is 3. The Morgan fingerprint density at radius 3 is 0.870 bits per heavy atom. The van der Waals surface area contributed by atoms with Crippen LogP contribution in [0, 0.1) is 0 Å². The van der Waals surface area contributed by atoms with Crippen LogP contribution >= 0.6 is 0 Å². The fourth-order valence-electron chi connectivity index (χ4n) is 8.60. The highest BCUT2D eigenvalue weighted by molar-refractivity contribution is 5.71. The maximum atomic E-state index is 12.8. The summed E-state index contributed by atoms with van der Waals surface area (Å²) in [5, 5.41) is 0. The predicted molar refractivity (Wildman–Crippen MR) is 298 cm³/mol. The van der Waals surface area contributed by atoms with E-state index in [1.54, 1.807) is 0 Å². The Kier molecular flexibility index (Phi) is 55.3. The molecule has 0 aliphatic carbocycles. The van der Waals surface area contributed by atoms with Crippen molar-refractivity contribution in [2.24, 2.45) is 0 Å². The van der Waals surface area contributed by atoms with E-state index in [1.807, 2.05) is 0 Å². The molecule has 0 N–H and O–H groups in total. The van der Waals surface area contributed by atoms with Crippen molar-refractivity contribution in [3.63, 3.8) is 0 Å². The first-order valence-corrected chi connectivity index (χ1v) is 29.8. The van der Waals surface area contributed by atoms with E-state index in [1.165, 1.54) is 180 Å². The van der Waals surface area contributed by atoms with Gasteiger partial charge in [0.1, 0.15) is 13.2 Å². The van der Waals surface area contributed by atoms with Crippen molar-refractivity contribution in [2.45, 2.75) is 309 Å². The summed E-state index contributed by atoms with van der Waals surface area (Å²) in [6.07, 6.45) is 72.2. The Labute approximate surface area is 428 Å². The molecule has 6 heteroatoms. The zero-order valence-electron chi connectivity index (χ0n) is 45.8. The van der Waals surface area contributed by atoms with Crippen LogP contribution in [0.2, 0.25) is 0 Å². The predicted octanol–water partition coefficient (Wildman–Crippen LogP) is 20.0. The van der Waals surface area contributed by atoms with Crippen molar-refractivity contribution in [1.29, 1.82) is 0 Å². The SMILES string of the molecule is CC/C=C\C/C=C\C/C=C\C/C=C\C/C=C\CCCC(=O)O[C@H](COC(=O)CCCCCCCCCCCCCCCCCC)COC(=O)CCCCCCCCCCCCCCCCCCCC. The maximum Gasteiger partial charge on any atom is 0.306 e. The van der Waals surface area contributed by atoms with Crippen molar-refractivity contribution in [3.8, 4) is 0 Å². The largest absolute Gasteiger partial charge is 0.462 e. The zero-order chi connectivity index (χ0) is 50.0. The Balaban J connectivity index is 4.42. The number of hydrogen-bond donors (Lipinski definition) is 0. The lowest BCUT2D eigenvalue weighted by molar-refractivity contribution is -0.167. The van der Waals surface area contributed by atoms with Gasteiger partial charge in [0, 0.05) is 19.3 Å². The number of ether oxygens (including phenoxy) is 3. The van der Waals surface area contributed by atoms with Gasteiger partial charge in [-0.05, 0) is 57.8 Å². The van der Waals surface area contributed by atoms with Crippen molar-refractivity contribution in [3.05, 3.63) is 60.8 Å². The van der Waals surface area contributed by atoms with Gasteiger partial charge in [-0.3, -0.25) is 14.4 Å². The van der Waals surface area contributed by atoms with Gasteiger partial charge in [0.15, 0.2) is 6.10 Å². The summed E-state index contributed by atoms with van der Waals surface area (Å²) >= 11 is 0. The molecule has 6 nitrogen and oxygen atoms in total. The standard InChI is InChI=1S/C63H112O6/c1-4-7-10-13-16-19-22-25-28-31-33-35-38-41-44-47-50-53-56-62(65)68-59-60(58-67-61(64)55-52-49-46-43-40-37-34-30-27-24-21-18-15-12-9-6-3)69-63(66)57-54-51-48-45-42-39-36-32-29-26-23-20-17-14-11-8-5-2/h8,11,17,20,26,29,36,39,45,48,60H,4-7,9-10,12-16,18-19,21-25,27-28,30-35,37-38,40-44,46-47,49-59H2,1-3H3/b11-8-,20-17-,29-26-,39-36-,48-45-/t60-/m1/s1. The molecule has 0 spiro atoms. The van der Waals surface area contributed by atoms with Crippen LogP contribution in [0.3, 0.4) is 0 Å². The molecule has 0 aromatic heterocycles. The summed E-state index contributed by atoms with van der Waals surface area (Å²) in [6, 6.07) is 0. The Morgan fingerprint density at radius 1 is 0.304 bits per heavy atom. The topological polar surface area (TPSA) is 78.9 Å². The Bertz CT molecular complexity index is 1250. The third kappa shape index (κ3) is 55.9. The molecule has 0 radical (unpaired) electrons. The molecule has 1 atom stereocenters. The minimum absolute atomic E-state index is 0.0925. The molecule has 0 aromatic carbocycles. The zero-order valence-corrected chi connectivity index (χ0v) is 45.8. The van der Waals surface area contributed by atoms with Gasteiger partial charge in [0.25, 0.3) is 0 Å². The molecule has 0 saturated carbocycles. The smallest absolute Gasteiger partial charge is 0.306 e. The van der Waals surface area contributed by atoms with Crippen LogP contribution in [-0.4, -0.2) is 37.2 Å². The molecule has 0 aliphatic rings. The number of rotatable bonds is 54. The van der Waals surface area contributed by atoms with Gasteiger partial charge < -0.3 is 14.2 Å². The summed E-state index contributed by atoms with van der Waals surface area (Å²) in [5.74, 6) is -0.934. The molecule has 0 heterocycles. The molecule has 0 rings (SSSR count). The van der Waals surface area contributed by atoms with Gasteiger partial charge in [-0.25, -0.2) is 0 Å². The number of hydrogen-bond acceptors (Lipinski definition) is 6. The lowest BCUT2D eigenvalue weighted by Crippen LogP contribution is -2.30. The van der Waals surface area contributed by atoms with Crippen LogP contribution in [-0.2, 0) is 28.6 Å². The summed E-state index contributed by atoms with van der Waals surface area (Å²) in [4.78, 5) is 38.2. The van der Waals surface area contributed by atoms with E-state index in [0.29, 0.717) is 19.3 Å². The van der Waals surface area contributed by atoms with E-state index in [0.717, 1.165) is 77.0 Å². The van der Waals surface area contributed by atoms with E-state index in [-0.39, 0.29) is 37.5 Å². The maximum absolute atomic E-state index is 12.8. The van der Waals surface area contributed by atoms with Gasteiger partial charge in [0.2, 0.25) is 0 Å². The monoisotopic (exact) mass is 965 g/mol. The van der Waals surface area contributed by atoms with Gasteiger partial charge in [-0.1, -0.05) is 287 Å². The average molecular weight is 966 g/mol. The van der Waals surface area contributed by atoms with E-state index in [9.17, 15) is 14.4 Å². The van der Waals surface area contributed by atoms with Crippen molar-refractivity contribution in [2.75, 3.05) is 13.2 Å². The van der Waals surface area contributed by atoms with Gasteiger partial charge in [0.05, 0.1) is 0 Å². The number of allylic oxidation sites excluding steroid dienone is 10. The minimum atomic E-state index is -0.801. The second-order valence-corrected chi connectivity index (χ2v) is 19.9. The van der Waals surface area contributed by atoms with E-state index < -0.39 is 6.10 Å². The first-order chi connectivity index (χ1) is 34.0. The summed E-state index contributed by atoms with van der Waals surface area (Å²) in [7, 11) is 0. The molecule has 0 unspecified atom stereocenters. The van der Waals surface area contributed by atoms with Crippen LogP contribution in [0.1, 0.15) is 303 Å². The normalized spacial score (nSPS) is 12.4. The van der Waals surface area contributed by atoms with Crippen LogP contribution in [0.15, 0.2) is 60.8 Å². The number of esters is 3. The van der Waals surface area contributed by atoms with E-state index >= 15 is 0 Å². The highest BCUT2D eigenvalue weighted by Crippen LogP contribution is 2.17. The number of carbonyl (C=O) groups is 3. The van der Waals surface area contributed by atoms with E-state index in [4.69, 9.17) is 14.2 Å². The minimum Gasteiger partial charge on any atom is -0.462 e. The fourth-order valence-corrected chi connectivity index (χ4v) is 8.60. The van der Waals surface area contributed by atoms with Crippen molar-refractivity contribution in [1.82, 2.24) is 0 Å². The molecule has 69 heavy (non-hydrogen) atoms. The van der Waals surface area contributed by atoms with Crippen LogP contribution in [0.4, 0.5) is 0 Å². The highest BCUT2D eigenvalue weighted by atomic mass is 16.6. The molecule has 0 amide bonds. The molecule has 0 saturated heterocycles. The molecule has 0 fully saturated rings. The van der Waals surface area contributed by atoms with Crippen molar-refractivity contribution < 1.29 is 28.6 Å². The quantitative estimate of drug-likeness (QED) is 0.0262. The third-order valence-corrected chi connectivity index (χ3v) is 13.0. The fraction of sp³-hybridized carbons (Fsp3) is 0.794. The first kappa shape index (κ1) is 66.1. The van der Waals surface area contributed by atoms with Crippen LogP contribution in [0.25, 0.3) is 0 Å². The van der Waals surface area contributed by atoms with Gasteiger partial charge >= 0.3 is 17.9 Å². The second kappa shape index (κ2) is 57.7. The van der Waals surface area contributed by atoms with Gasteiger partial charge in [-0.15, -0.1) is 0 Å². The number of unbranched alkanes of at least 4 members (excludes halogenated alkanes) is 33. The summed E-state index contributed by atoms with van der Waals surface area (Å²) < 4.78 is 16.8. The molecule has 0 aliphatic heterocycles. The van der Waals surface area contributed by atoms with E-state index in [2.05, 4.69) is 81.5 Å². The summed E-state index contributed by atoms with van der Waals surface area (Å²) in [5.41, 5.74) is 0. The van der Waals surface area contributed by atoms with Crippen LogP contribution in [0.5, 0.6) is 0 Å². The molecular formula is C63H112O6. The second-order valence-electron chi connectivity index (χ2n) is 19.9. The Morgan fingerprint density at radius 2 is 0.565 bits per heavy atom. The molecular weight excluding hydrogens is 853 g/mol.